The molecule has 1 saturated heterocycles. The third kappa shape index (κ3) is 3.16. The van der Waals surface area contributed by atoms with Crippen LogP contribution in [0.3, 0.4) is 0 Å². The van der Waals surface area contributed by atoms with Crippen molar-refractivity contribution in [1.29, 1.82) is 0 Å². The summed E-state index contributed by atoms with van der Waals surface area (Å²) in [7, 11) is 1.56. The first-order valence-electron chi connectivity index (χ1n) is 6.96. The van der Waals surface area contributed by atoms with Gasteiger partial charge in [-0.1, -0.05) is 23.7 Å². The van der Waals surface area contributed by atoms with E-state index in [4.69, 9.17) is 16.3 Å². The van der Waals surface area contributed by atoms with Gasteiger partial charge in [0.15, 0.2) is 0 Å². The number of anilines is 1. The molecule has 2 aromatic carbocycles. The van der Waals surface area contributed by atoms with E-state index >= 15 is 0 Å². The van der Waals surface area contributed by atoms with Crippen LogP contribution in [0.5, 0.6) is 5.75 Å². The third-order valence-corrected chi connectivity index (χ3v) is 4.30. The van der Waals surface area contributed by atoms with Crippen LogP contribution in [-0.2, 0) is 9.59 Å². The molecule has 122 valence electrons. The molecule has 0 atom stereocenters. The Kier molecular flexibility index (Phi) is 4.59. The van der Waals surface area contributed by atoms with Gasteiger partial charge in [-0.25, -0.2) is 5.01 Å². The maximum Gasteiger partial charge on any atom is 0.282 e. The lowest BCUT2D eigenvalue weighted by Gasteiger charge is -2.14. The Bertz CT molecular complexity index is 867. The number of nitrogens with one attached hydrogen (secondary N) is 1. The molecule has 5 nitrogen and oxygen atoms in total. The predicted molar refractivity (Wildman–Crippen MR) is 95.8 cm³/mol. The van der Waals surface area contributed by atoms with E-state index in [1.54, 1.807) is 49.6 Å². The number of ether oxygens (including phenoxy) is 1. The number of hydrazine groups is 1. The van der Waals surface area contributed by atoms with Crippen molar-refractivity contribution in [2.45, 2.75) is 0 Å². The van der Waals surface area contributed by atoms with E-state index < -0.39 is 11.8 Å². The molecule has 1 heterocycles. The molecule has 0 unspecified atom stereocenters. The molecule has 24 heavy (non-hydrogen) atoms. The average Bonchev–Trinajstić information content (AvgIpc) is 2.83. The predicted octanol–water partition coefficient (Wildman–Crippen LogP) is 3.57. The number of benzene rings is 2. The van der Waals surface area contributed by atoms with Crippen molar-refractivity contribution in [1.82, 2.24) is 5.43 Å². The van der Waals surface area contributed by atoms with Gasteiger partial charge in [-0.15, -0.1) is 0 Å². The molecule has 1 aliphatic rings. The molecule has 1 aliphatic heterocycles. The van der Waals surface area contributed by atoms with Crippen LogP contribution in [-0.4, -0.2) is 18.9 Å². The lowest BCUT2D eigenvalue weighted by Crippen LogP contribution is -2.35. The van der Waals surface area contributed by atoms with Crippen molar-refractivity contribution in [3.63, 3.8) is 0 Å². The summed E-state index contributed by atoms with van der Waals surface area (Å²) in [4.78, 5) is 24.7. The normalized spacial score (nSPS) is 15.8. The second kappa shape index (κ2) is 6.67. The van der Waals surface area contributed by atoms with Gasteiger partial charge in [-0.3, -0.25) is 15.0 Å². The first-order valence-corrected chi connectivity index (χ1v) is 8.13. The van der Waals surface area contributed by atoms with Gasteiger partial charge in [-0.05, 0) is 57.9 Å². The maximum absolute atomic E-state index is 12.5. The molecule has 0 aromatic heterocycles. The van der Waals surface area contributed by atoms with Gasteiger partial charge < -0.3 is 4.74 Å². The minimum atomic E-state index is -0.466. The van der Waals surface area contributed by atoms with E-state index in [2.05, 4.69) is 21.4 Å². The Labute approximate surface area is 152 Å². The number of hydrogen-bond acceptors (Lipinski definition) is 3. The fourth-order valence-corrected chi connectivity index (χ4v) is 3.04. The standard InChI is InChI=1S/C17H12BrClN2O3/c1-24-15-6-5-10(8-14(15)18)7-13-16(22)20-21(17(13)23)12-4-2-3-11(19)9-12/h2-9H,1H3,(H,20,22). The van der Waals surface area contributed by atoms with Crippen molar-refractivity contribution in [2.24, 2.45) is 0 Å². The van der Waals surface area contributed by atoms with E-state index in [0.717, 1.165) is 4.47 Å². The Morgan fingerprint density at radius 1 is 1.21 bits per heavy atom. The van der Waals surface area contributed by atoms with E-state index in [9.17, 15) is 9.59 Å². The van der Waals surface area contributed by atoms with Gasteiger partial charge >= 0.3 is 0 Å². The minimum Gasteiger partial charge on any atom is -0.496 e. The van der Waals surface area contributed by atoms with Gasteiger partial charge in [0.2, 0.25) is 0 Å². The zero-order valence-electron chi connectivity index (χ0n) is 12.5. The summed E-state index contributed by atoms with van der Waals surface area (Å²) in [5.74, 6) is -0.235. The monoisotopic (exact) mass is 406 g/mol. The fraction of sp³-hybridized carbons (Fsp3) is 0.0588. The Balaban J connectivity index is 1.93. The number of rotatable bonds is 3. The highest BCUT2D eigenvalue weighted by Gasteiger charge is 2.34. The summed E-state index contributed by atoms with van der Waals surface area (Å²) in [6, 6.07) is 12.0. The number of carbonyl (C=O) groups is 2. The highest BCUT2D eigenvalue weighted by Crippen LogP contribution is 2.28. The highest BCUT2D eigenvalue weighted by atomic mass is 79.9. The zero-order chi connectivity index (χ0) is 17.3. The average molecular weight is 408 g/mol. The Morgan fingerprint density at radius 2 is 2.00 bits per heavy atom. The van der Waals surface area contributed by atoms with E-state index in [-0.39, 0.29) is 5.57 Å². The van der Waals surface area contributed by atoms with Crippen LogP contribution < -0.4 is 15.2 Å². The molecular weight excluding hydrogens is 396 g/mol. The van der Waals surface area contributed by atoms with Crippen molar-refractivity contribution >= 4 is 51.1 Å². The SMILES string of the molecule is COc1ccc(C=C2C(=O)NN(c3cccc(Cl)c3)C2=O)cc1Br. The van der Waals surface area contributed by atoms with Crippen LogP contribution in [0.15, 0.2) is 52.5 Å². The van der Waals surface area contributed by atoms with Crippen LogP contribution in [0.1, 0.15) is 5.56 Å². The molecule has 0 radical (unpaired) electrons. The van der Waals surface area contributed by atoms with Gasteiger partial charge in [-0.2, -0.15) is 0 Å². The number of hydrogen-bond donors (Lipinski definition) is 1. The van der Waals surface area contributed by atoms with Gasteiger partial charge in [0.1, 0.15) is 11.3 Å². The molecule has 7 heteroatoms. The number of amides is 2. The smallest absolute Gasteiger partial charge is 0.282 e. The molecule has 1 fully saturated rings. The van der Waals surface area contributed by atoms with Crippen LogP contribution in [0.4, 0.5) is 5.69 Å². The largest absolute Gasteiger partial charge is 0.496 e. The molecule has 3 rings (SSSR count). The Morgan fingerprint density at radius 3 is 2.67 bits per heavy atom. The van der Waals surface area contributed by atoms with Crippen LogP contribution in [0.2, 0.25) is 5.02 Å². The number of halogens is 2. The lowest BCUT2D eigenvalue weighted by atomic mass is 10.1. The highest BCUT2D eigenvalue weighted by molar-refractivity contribution is 9.10. The summed E-state index contributed by atoms with van der Waals surface area (Å²) in [5, 5.41) is 1.66. The molecule has 1 N–H and O–H groups in total. The van der Waals surface area contributed by atoms with Gasteiger partial charge in [0.25, 0.3) is 11.8 Å². The first kappa shape index (κ1) is 16.5. The van der Waals surface area contributed by atoms with Crippen molar-refractivity contribution in [2.75, 3.05) is 12.1 Å². The molecule has 0 bridgehead atoms. The summed E-state index contributed by atoms with van der Waals surface area (Å²) in [5.41, 5.74) is 3.79. The summed E-state index contributed by atoms with van der Waals surface area (Å²) >= 11 is 9.32. The second-order valence-corrected chi connectivity index (χ2v) is 6.30. The molecule has 0 saturated carbocycles. The molecule has 0 spiro atoms. The molecule has 2 aromatic rings. The van der Waals surface area contributed by atoms with Crippen molar-refractivity contribution in [3.05, 3.63) is 63.1 Å². The van der Waals surface area contributed by atoms with Crippen molar-refractivity contribution < 1.29 is 14.3 Å². The molecule has 2 amide bonds. The topological polar surface area (TPSA) is 58.6 Å². The Hall–Kier alpha value is -2.31. The van der Waals surface area contributed by atoms with Gasteiger partial charge in [0, 0.05) is 5.02 Å². The van der Waals surface area contributed by atoms with Gasteiger partial charge in [0.05, 0.1) is 17.3 Å². The van der Waals surface area contributed by atoms with Crippen LogP contribution in [0.25, 0.3) is 6.08 Å². The molecule has 0 aliphatic carbocycles. The second-order valence-electron chi connectivity index (χ2n) is 5.01. The summed E-state index contributed by atoms with van der Waals surface area (Å²) in [6.07, 6.45) is 1.53. The fourth-order valence-electron chi connectivity index (χ4n) is 2.29. The maximum atomic E-state index is 12.5. The van der Waals surface area contributed by atoms with Crippen LogP contribution in [0, 0.1) is 0 Å². The van der Waals surface area contributed by atoms with E-state index in [1.165, 1.54) is 11.1 Å². The first-order chi connectivity index (χ1) is 11.5. The van der Waals surface area contributed by atoms with Crippen LogP contribution >= 0.6 is 27.5 Å². The van der Waals surface area contributed by atoms with E-state index in [1.807, 2.05) is 0 Å². The number of nitrogens with zero attached hydrogens (tertiary/aromatic N) is 1. The summed E-state index contributed by atoms with van der Waals surface area (Å²) < 4.78 is 5.90. The number of carbonyl (C=O) groups excluding carboxylic acids is 2. The number of methoxy groups -OCH3 is 1. The minimum absolute atomic E-state index is 0.0482. The zero-order valence-corrected chi connectivity index (χ0v) is 14.9. The molecular formula is C17H12BrClN2O3. The quantitative estimate of drug-likeness (QED) is 0.625. The van der Waals surface area contributed by atoms with Crippen molar-refractivity contribution in [3.8, 4) is 5.75 Å². The summed E-state index contributed by atoms with van der Waals surface area (Å²) in [6.45, 7) is 0. The lowest BCUT2D eigenvalue weighted by molar-refractivity contribution is -0.117. The van der Waals surface area contributed by atoms with E-state index in [0.29, 0.717) is 22.0 Å². The third-order valence-electron chi connectivity index (χ3n) is 3.44.